The van der Waals surface area contributed by atoms with Crippen LogP contribution in [0.4, 0.5) is 11.4 Å². The van der Waals surface area contributed by atoms with Gasteiger partial charge in [-0.25, -0.2) is 0 Å². The highest BCUT2D eigenvalue weighted by molar-refractivity contribution is 5.94. The lowest BCUT2D eigenvalue weighted by atomic mass is 10.2. The fraction of sp³-hybridized carbons (Fsp3) is 0.417. The van der Waals surface area contributed by atoms with Crippen molar-refractivity contribution in [3.8, 4) is 0 Å². The van der Waals surface area contributed by atoms with Gasteiger partial charge in [-0.1, -0.05) is 19.1 Å². The van der Waals surface area contributed by atoms with Crippen molar-refractivity contribution in [2.24, 2.45) is 0 Å². The first kappa shape index (κ1) is 12.5. The Balaban J connectivity index is 2.43. The van der Waals surface area contributed by atoms with Crippen LogP contribution in [-0.2, 0) is 9.53 Å². The number of nitrogens with two attached hydrogens (primary N) is 1. The van der Waals surface area contributed by atoms with Gasteiger partial charge in [0, 0.05) is 0 Å². The maximum Gasteiger partial charge on any atom is 0.250 e. The summed E-state index contributed by atoms with van der Waals surface area (Å²) in [7, 11) is 0. The third-order valence-electron chi connectivity index (χ3n) is 2.31. The second kappa shape index (κ2) is 6.12. The minimum Gasteiger partial charge on any atom is -0.397 e. The molecule has 16 heavy (non-hydrogen) atoms. The number of nitrogens with one attached hydrogen (secondary N) is 1. The van der Waals surface area contributed by atoms with Gasteiger partial charge in [-0.2, -0.15) is 0 Å². The topological polar surface area (TPSA) is 64.3 Å². The first-order chi connectivity index (χ1) is 7.63. The summed E-state index contributed by atoms with van der Waals surface area (Å²) in [6.07, 6.45) is 0.986. The van der Waals surface area contributed by atoms with Gasteiger partial charge in [0.15, 0.2) is 0 Å². The van der Waals surface area contributed by atoms with Crippen molar-refractivity contribution in [3.63, 3.8) is 0 Å². The van der Waals surface area contributed by atoms with E-state index in [2.05, 4.69) is 5.32 Å². The summed E-state index contributed by atoms with van der Waals surface area (Å²) < 4.78 is 5.31. The van der Waals surface area contributed by atoms with E-state index in [1.54, 1.807) is 12.1 Å². The molecule has 0 bridgehead atoms. The summed E-state index contributed by atoms with van der Waals surface area (Å²) in [5, 5.41) is 2.70. The second-order valence-electron chi connectivity index (χ2n) is 3.67. The first-order valence-electron chi connectivity index (χ1n) is 5.39. The number of benzene rings is 1. The summed E-state index contributed by atoms with van der Waals surface area (Å²) in [5.74, 6) is -0.182. The van der Waals surface area contributed by atoms with Crippen LogP contribution >= 0.6 is 0 Å². The quantitative estimate of drug-likeness (QED) is 0.749. The van der Waals surface area contributed by atoms with Crippen LogP contribution in [0.3, 0.4) is 0 Å². The molecule has 0 spiro atoms. The normalized spacial score (nSPS) is 12.1. The fourth-order valence-electron chi connectivity index (χ4n) is 1.13. The van der Waals surface area contributed by atoms with E-state index in [1.165, 1.54) is 0 Å². The number of hydrogen-bond acceptors (Lipinski definition) is 3. The molecule has 1 aromatic carbocycles. The second-order valence-corrected chi connectivity index (χ2v) is 3.67. The van der Waals surface area contributed by atoms with Crippen LogP contribution in [0.25, 0.3) is 0 Å². The lowest BCUT2D eigenvalue weighted by molar-refractivity contribution is -0.122. The van der Waals surface area contributed by atoms with Gasteiger partial charge >= 0.3 is 0 Å². The monoisotopic (exact) mass is 222 g/mol. The molecule has 0 aliphatic carbocycles. The number of para-hydroxylation sites is 2. The Labute approximate surface area is 95.8 Å². The molecule has 0 aliphatic rings. The number of carbonyl (C=O) groups excluding carboxylic acids is 1. The van der Waals surface area contributed by atoms with Crippen LogP contribution in [0.1, 0.15) is 20.3 Å². The van der Waals surface area contributed by atoms with Crippen LogP contribution in [0.5, 0.6) is 0 Å². The Morgan fingerprint density at radius 3 is 2.81 bits per heavy atom. The molecule has 0 heterocycles. The number of amides is 1. The SMILES string of the molecule is CCC(C)OCC(=O)Nc1ccccc1N. The minimum absolute atomic E-state index is 0.0589. The average molecular weight is 222 g/mol. The fourth-order valence-corrected chi connectivity index (χ4v) is 1.13. The molecule has 0 aromatic heterocycles. The van der Waals surface area contributed by atoms with Gasteiger partial charge < -0.3 is 15.8 Å². The molecule has 0 radical (unpaired) electrons. The summed E-state index contributed by atoms with van der Waals surface area (Å²) >= 11 is 0. The van der Waals surface area contributed by atoms with Crippen LogP contribution in [0, 0.1) is 0 Å². The number of carbonyl (C=O) groups is 1. The van der Waals surface area contributed by atoms with Crippen molar-refractivity contribution in [1.82, 2.24) is 0 Å². The summed E-state index contributed by atoms with van der Waals surface area (Å²) in [4.78, 5) is 11.5. The Morgan fingerprint density at radius 1 is 1.50 bits per heavy atom. The zero-order valence-corrected chi connectivity index (χ0v) is 9.69. The Kier molecular flexibility index (Phi) is 4.79. The number of ether oxygens (including phenoxy) is 1. The van der Waals surface area contributed by atoms with E-state index in [0.29, 0.717) is 11.4 Å². The molecule has 1 atom stereocenters. The van der Waals surface area contributed by atoms with Gasteiger partial charge in [-0.15, -0.1) is 0 Å². The van der Waals surface area contributed by atoms with Crippen LogP contribution in [-0.4, -0.2) is 18.6 Å². The van der Waals surface area contributed by atoms with E-state index >= 15 is 0 Å². The largest absolute Gasteiger partial charge is 0.397 e. The smallest absolute Gasteiger partial charge is 0.250 e. The molecule has 0 saturated carbocycles. The number of hydrogen-bond donors (Lipinski definition) is 2. The molecule has 1 amide bonds. The molecule has 0 aliphatic heterocycles. The molecule has 3 N–H and O–H groups in total. The lowest BCUT2D eigenvalue weighted by Crippen LogP contribution is -2.22. The van der Waals surface area contributed by atoms with E-state index < -0.39 is 0 Å². The van der Waals surface area contributed by atoms with E-state index in [4.69, 9.17) is 10.5 Å². The Bertz CT molecular complexity index is 353. The van der Waals surface area contributed by atoms with E-state index in [-0.39, 0.29) is 18.6 Å². The molecule has 4 nitrogen and oxygen atoms in total. The van der Waals surface area contributed by atoms with Crippen molar-refractivity contribution in [3.05, 3.63) is 24.3 Å². The molecular formula is C12H18N2O2. The third kappa shape index (κ3) is 3.90. The van der Waals surface area contributed by atoms with Gasteiger partial charge in [0.2, 0.25) is 5.91 Å². The first-order valence-corrected chi connectivity index (χ1v) is 5.39. The molecule has 0 saturated heterocycles. The van der Waals surface area contributed by atoms with Crippen LogP contribution < -0.4 is 11.1 Å². The molecule has 1 aromatic rings. The van der Waals surface area contributed by atoms with Crippen molar-refractivity contribution >= 4 is 17.3 Å². The Morgan fingerprint density at radius 2 is 2.19 bits per heavy atom. The van der Waals surface area contributed by atoms with Gasteiger partial charge in [-0.05, 0) is 25.5 Å². The predicted octanol–water partition coefficient (Wildman–Crippen LogP) is 2.02. The van der Waals surface area contributed by atoms with Crippen molar-refractivity contribution < 1.29 is 9.53 Å². The molecule has 4 heteroatoms. The average Bonchev–Trinajstić information content (AvgIpc) is 2.29. The van der Waals surface area contributed by atoms with Gasteiger partial charge in [0.1, 0.15) is 6.61 Å². The standard InChI is InChI=1S/C12H18N2O2/c1-3-9(2)16-8-12(15)14-11-7-5-4-6-10(11)13/h4-7,9H,3,8,13H2,1-2H3,(H,14,15). The number of nitrogen functional groups attached to an aromatic ring is 1. The maximum atomic E-state index is 11.5. The summed E-state index contributed by atoms with van der Waals surface area (Å²) in [6, 6.07) is 7.14. The van der Waals surface area contributed by atoms with Gasteiger partial charge in [0.25, 0.3) is 0 Å². The van der Waals surface area contributed by atoms with Crippen LogP contribution in [0.15, 0.2) is 24.3 Å². The van der Waals surface area contributed by atoms with E-state index in [0.717, 1.165) is 6.42 Å². The zero-order valence-electron chi connectivity index (χ0n) is 9.69. The van der Waals surface area contributed by atoms with Crippen LogP contribution in [0.2, 0.25) is 0 Å². The summed E-state index contributed by atoms with van der Waals surface area (Å²) in [5.41, 5.74) is 6.88. The molecule has 0 fully saturated rings. The molecule has 1 unspecified atom stereocenters. The Hall–Kier alpha value is -1.55. The highest BCUT2D eigenvalue weighted by Crippen LogP contribution is 2.16. The van der Waals surface area contributed by atoms with E-state index in [9.17, 15) is 4.79 Å². The zero-order chi connectivity index (χ0) is 12.0. The third-order valence-corrected chi connectivity index (χ3v) is 2.31. The predicted molar refractivity (Wildman–Crippen MR) is 65.2 cm³/mol. The highest BCUT2D eigenvalue weighted by Gasteiger charge is 2.06. The van der Waals surface area contributed by atoms with Gasteiger partial charge in [-0.3, -0.25) is 4.79 Å². The molecule has 1 rings (SSSR count). The number of anilines is 2. The molecular weight excluding hydrogens is 204 g/mol. The van der Waals surface area contributed by atoms with E-state index in [1.807, 2.05) is 26.0 Å². The maximum absolute atomic E-state index is 11.5. The van der Waals surface area contributed by atoms with Crippen molar-refractivity contribution in [2.75, 3.05) is 17.7 Å². The summed E-state index contributed by atoms with van der Waals surface area (Å²) in [6.45, 7) is 4.01. The lowest BCUT2D eigenvalue weighted by Gasteiger charge is -2.11. The van der Waals surface area contributed by atoms with Gasteiger partial charge in [0.05, 0.1) is 17.5 Å². The highest BCUT2D eigenvalue weighted by atomic mass is 16.5. The molecule has 88 valence electrons. The minimum atomic E-state index is -0.182. The van der Waals surface area contributed by atoms with Crippen molar-refractivity contribution in [1.29, 1.82) is 0 Å². The number of rotatable bonds is 5. The van der Waals surface area contributed by atoms with Crippen molar-refractivity contribution in [2.45, 2.75) is 26.4 Å².